The van der Waals surface area contributed by atoms with Crippen LogP contribution in [0.2, 0.25) is 0 Å². The Hall–Kier alpha value is -3.70. The van der Waals surface area contributed by atoms with Gasteiger partial charge in [-0.25, -0.2) is 29.5 Å². The van der Waals surface area contributed by atoms with E-state index in [1.54, 1.807) is 0 Å². The van der Waals surface area contributed by atoms with Crippen LogP contribution in [0.4, 0.5) is 11.6 Å². The van der Waals surface area contributed by atoms with E-state index in [1.165, 1.54) is 12.7 Å². The van der Waals surface area contributed by atoms with Gasteiger partial charge in [-0.3, -0.25) is 9.97 Å². The van der Waals surface area contributed by atoms with Crippen LogP contribution < -0.4 is 22.8 Å². The number of aromatic nitrogens is 8. The molecule has 0 radical (unpaired) electrons. The third kappa shape index (κ3) is 2.35. The van der Waals surface area contributed by atoms with Crippen LogP contribution in [0.1, 0.15) is 0 Å². The minimum absolute atomic E-state index is 0.272. The minimum atomic E-state index is -0.327. The zero-order chi connectivity index (χ0) is 15.7. The third-order valence-electron chi connectivity index (χ3n) is 2.69. The molecule has 0 aliphatic heterocycles. The number of nitrogen functional groups attached to an aromatic ring is 2. The van der Waals surface area contributed by atoms with Crippen molar-refractivity contribution in [1.82, 2.24) is 39.9 Å². The summed E-state index contributed by atoms with van der Waals surface area (Å²) >= 11 is 0. The van der Waals surface area contributed by atoms with E-state index in [0.717, 1.165) is 0 Å². The fraction of sp³-hybridized carbons (Fsp3) is 0. The summed E-state index contributed by atoms with van der Waals surface area (Å²) in [5.74, 6) is 0.543. The summed E-state index contributed by atoms with van der Waals surface area (Å²) in [5.41, 5.74) is 12.0. The maximum Gasteiger partial charge on any atom is 0.325 e. The molecule has 112 valence electrons. The third-order valence-corrected chi connectivity index (χ3v) is 2.69. The van der Waals surface area contributed by atoms with E-state index in [9.17, 15) is 9.59 Å². The van der Waals surface area contributed by atoms with Crippen LogP contribution in [0, 0.1) is 0 Å². The Bertz CT molecular complexity index is 969. The molecule has 4 aromatic rings. The molecule has 0 amide bonds. The molecule has 12 heteroatoms. The van der Waals surface area contributed by atoms with Crippen molar-refractivity contribution in [3.8, 4) is 0 Å². The number of imidazole rings is 2. The van der Waals surface area contributed by atoms with Crippen molar-refractivity contribution in [2.45, 2.75) is 0 Å². The second kappa shape index (κ2) is 5.01. The lowest BCUT2D eigenvalue weighted by atomic mass is 10.5. The number of H-pyrrole nitrogens is 4. The van der Waals surface area contributed by atoms with Crippen molar-refractivity contribution in [3.63, 3.8) is 0 Å². The van der Waals surface area contributed by atoms with E-state index < -0.39 is 0 Å². The van der Waals surface area contributed by atoms with Gasteiger partial charge in [-0.2, -0.15) is 0 Å². The Morgan fingerprint density at radius 3 is 1.45 bits per heavy atom. The number of nitrogens with two attached hydrogens (primary N) is 2. The van der Waals surface area contributed by atoms with Crippen LogP contribution in [-0.2, 0) is 0 Å². The molecule has 4 aromatic heterocycles. The van der Waals surface area contributed by atoms with Gasteiger partial charge < -0.3 is 21.4 Å². The van der Waals surface area contributed by atoms with Gasteiger partial charge >= 0.3 is 11.4 Å². The maximum atomic E-state index is 10.7. The lowest BCUT2D eigenvalue weighted by Crippen LogP contribution is -1.99. The van der Waals surface area contributed by atoms with Gasteiger partial charge in [0.2, 0.25) is 0 Å². The normalized spacial score (nSPS) is 10.5. The SMILES string of the molecule is Nc1ncnc2[nH]c(=O)[nH]c12.Nc1ncnc2[nH]c(=O)[nH]c12. The van der Waals surface area contributed by atoms with Gasteiger partial charge in [-0.05, 0) is 0 Å². The molecule has 22 heavy (non-hydrogen) atoms. The summed E-state index contributed by atoms with van der Waals surface area (Å²) in [6.07, 6.45) is 2.59. The Morgan fingerprint density at radius 2 is 1.09 bits per heavy atom. The molecule has 12 nitrogen and oxygen atoms in total. The Kier molecular flexibility index (Phi) is 3.02. The summed E-state index contributed by atoms with van der Waals surface area (Å²) in [6.45, 7) is 0. The molecule has 0 unspecified atom stereocenters. The largest absolute Gasteiger partial charge is 0.382 e. The highest BCUT2D eigenvalue weighted by molar-refractivity contribution is 5.80. The number of hydrogen-bond donors (Lipinski definition) is 6. The topological polar surface area (TPSA) is 201 Å². The molecule has 0 spiro atoms. The summed E-state index contributed by atoms with van der Waals surface area (Å²) in [6, 6.07) is 0. The van der Waals surface area contributed by atoms with E-state index in [4.69, 9.17) is 11.5 Å². The zero-order valence-electron chi connectivity index (χ0n) is 10.9. The number of nitrogens with zero attached hydrogens (tertiary/aromatic N) is 4. The lowest BCUT2D eigenvalue weighted by Gasteiger charge is -1.89. The van der Waals surface area contributed by atoms with Gasteiger partial charge in [0.25, 0.3) is 0 Å². The fourth-order valence-corrected chi connectivity index (χ4v) is 1.74. The average Bonchev–Trinajstić information content (AvgIpc) is 3.03. The quantitative estimate of drug-likeness (QED) is 0.224. The zero-order valence-corrected chi connectivity index (χ0v) is 10.9. The molecular weight excluding hydrogens is 292 g/mol. The van der Waals surface area contributed by atoms with E-state index in [2.05, 4.69) is 39.9 Å². The number of anilines is 2. The summed E-state index contributed by atoms with van der Waals surface area (Å²) < 4.78 is 0. The predicted molar refractivity (Wildman–Crippen MR) is 77.8 cm³/mol. The van der Waals surface area contributed by atoms with Crippen LogP contribution in [0.25, 0.3) is 22.3 Å². The van der Waals surface area contributed by atoms with Gasteiger partial charge in [0, 0.05) is 0 Å². The van der Waals surface area contributed by atoms with Crippen LogP contribution in [0.5, 0.6) is 0 Å². The standard InChI is InChI=1S/2C5H5N5O/c2*6-3-2-4(8-1-7-3)10-5(11)9-2/h2*1H,(H4,6,7,8,9,10,11). The molecule has 0 aliphatic carbocycles. The Labute approximate surface area is 120 Å². The van der Waals surface area contributed by atoms with Crippen molar-refractivity contribution >= 4 is 34.0 Å². The molecule has 4 rings (SSSR count). The van der Waals surface area contributed by atoms with Gasteiger partial charge in [-0.15, -0.1) is 0 Å². The molecule has 0 saturated carbocycles. The van der Waals surface area contributed by atoms with Crippen LogP contribution in [-0.4, -0.2) is 39.9 Å². The molecule has 0 aliphatic rings. The molecule has 0 saturated heterocycles. The summed E-state index contributed by atoms with van der Waals surface area (Å²) in [4.78, 5) is 46.2. The van der Waals surface area contributed by atoms with Gasteiger partial charge in [0.05, 0.1) is 0 Å². The highest BCUT2D eigenvalue weighted by atomic mass is 16.1. The van der Waals surface area contributed by atoms with Crippen LogP contribution in [0.15, 0.2) is 22.2 Å². The number of fused-ring (bicyclic) bond motifs is 2. The molecule has 4 heterocycles. The van der Waals surface area contributed by atoms with Gasteiger partial charge in [0.1, 0.15) is 23.7 Å². The number of rotatable bonds is 0. The number of nitrogens with one attached hydrogen (secondary N) is 4. The van der Waals surface area contributed by atoms with E-state index in [1.807, 2.05) is 0 Å². The molecule has 0 bridgehead atoms. The summed E-state index contributed by atoms with van der Waals surface area (Å²) in [5, 5.41) is 0. The fourth-order valence-electron chi connectivity index (χ4n) is 1.74. The smallest absolute Gasteiger partial charge is 0.325 e. The average molecular weight is 302 g/mol. The highest BCUT2D eigenvalue weighted by Crippen LogP contribution is 2.08. The van der Waals surface area contributed by atoms with Crippen LogP contribution in [0.3, 0.4) is 0 Å². The van der Waals surface area contributed by atoms with Crippen molar-refractivity contribution in [1.29, 1.82) is 0 Å². The Balaban J connectivity index is 0.000000131. The molecule has 0 fully saturated rings. The van der Waals surface area contributed by atoms with E-state index in [-0.39, 0.29) is 23.0 Å². The molecular formula is C10H10N10O2. The molecule has 0 aromatic carbocycles. The van der Waals surface area contributed by atoms with Gasteiger partial charge in [0.15, 0.2) is 22.9 Å². The number of hydrogen-bond acceptors (Lipinski definition) is 8. The van der Waals surface area contributed by atoms with E-state index in [0.29, 0.717) is 22.3 Å². The Morgan fingerprint density at radius 1 is 0.682 bits per heavy atom. The van der Waals surface area contributed by atoms with Crippen LogP contribution >= 0.6 is 0 Å². The molecule has 0 atom stereocenters. The first-order valence-corrected chi connectivity index (χ1v) is 5.91. The maximum absolute atomic E-state index is 10.7. The van der Waals surface area contributed by atoms with Crippen molar-refractivity contribution in [2.24, 2.45) is 0 Å². The van der Waals surface area contributed by atoms with Gasteiger partial charge in [-0.1, -0.05) is 0 Å². The second-order valence-electron chi connectivity index (χ2n) is 4.12. The first kappa shape index (κ1) is 13.3. The molecule has 8 N–H and O–H groups in total. The summed E-state index contributed by atoms with van der Waals surface area (Å²) in [7, 11) is 0. The number of aromatic amines is 4. The van der Waals surface area contributed by atoms with E-state index >= 15 is 0 Å². The lowest BCUT2D eigenvalue weighted by molar-refractivity contribution is 1.19. The van der Waals surface area contributed by atoms with Crippen molar-refractivity contribution in [3.05, 3.63) is 33.6 Å². The first-order valence-electron chi connectivity index (χ1n) is 5.91. The highest BCUT2D eigenvalue weighted by Gasteiger charge is 2.02. The van der Waals surface area contributed by atoms with Crippen molar-refractivity contribution in [2.75, 3.05) is 11.5 Å². The minimum Gasteiger partial charge on any atom is -0.382 e. The predicted octanol–water partition coefficient (Wildman–Crippen LogP) is -1.54. The second-order valence-corrected chi connectivity index (χ2v) is 4.12. The van der Waals surface area contributed by atoms with Crippen molar-refractivity contribution < 1.29 is 0 Å². The monoisotopic (exact) mass is 302 g/mol. The first-order chi connectivity index (χ1) is 10.5.